The van der Waals surface area contributed by atoms with E-state index in [-0.39, 0.29) is 37.9 Å². The van der Waals surface area contributed by atoms with Gasteiger partial charge in [-0.15, -0.1) is 0 Å². The highest BCUT2D eigenvalue weighted by molar-refractivity contribution is 5.82. The summed E-state index contributed by atoms with van der Waals surface area (Å²) in [7, 11) is 0. The van der Waals surface area contributed by atoms with E-state index in [2.05, 4.69) is 20.9 Å². The molecule has 0 atom stereocenters. The van der Waals surface area contributed by atoms with Crippen LogP contribution in [0.1, 0.15) is 32.8 Å². The van der Waals surface area contributed by atoms with Crippen LogP contribution in [0.4, 0.5) is 21.1 Å². The van der Waals surface area contributed by atoms with Gasteiger partial charge < -0.3 is 44.9 Å². The topological polar surface area (TPSA) is 200 Å². The quantitative estimate of drug-likeness (QED) is 0.144. The zero-order valence-corrected chi connectivity index (χ0v) is 26.8. The number of carboxylic acids is 1. The normalized spacial score (nSPS) is 11.5. The summed E-state index contributed by atoms with van der Waals surface area (Å²) in [4.78, 5) is 66.1. The van der Waals surface area contributed by atoms with Crippen LogP contribution in [-0.2, 0) is 32.2 Å². The van der Waals surface area contributed by atoms with Gasteiger partial charge in [-0.05, 0) is 44.9 Å². The van der Waals surface area contributed by atoms with Gasteiger partial charge in [0.25, 0.3) is 0 Å². The maximum atomic E-state index is 13.0. The fourth-order valence-electron chi connectivity index (χ4n) is 4.35. The fourth-order valence-corrected chi connectivity index (χ4v) is 4.35. The second-order valence-corrected chi connectivity index (χ2v) is 11.5. The lowest BCUT2D eigenvalue weighted by molar-refractivity contribution is -0.144. The van der Waals surface area contributed by atoms with E-state index in [1.54, 1.807) is 39.0 Å². The average molecular weight is 667 g/mol. The highest BCUT2D eigenvalue weighted by Gasteiger charge is 2.25. The lowest BCUT2D eigenvalue weighted by Crippen LogP contribution is -2.44. The molecule has 0 spiro atoms. The molecule has 3 aromatic rings. The van der Waals surface area contributed by atoms with Gasteiger partial charge in [0.15, 0.2) is 17.3 Å². The van der Waals surface area contributed by atoms with Crippen molar-refractivity contribution in [3.8, 4) is 17.2 Å². The maximum Gasteiger partial charge on any atom is 0.407 e. The van der Waals surface area contributed by atoms with E-state index < -0.39 is 48.4 Å². The number of amides is 3. The van der Waals surface area contributed by atoms with E-state index >= 15 is 0 Å². The molecule has 0 fully saturated rings. The van der Waals surface area contributed by atoms with E-state index in [4.69, 9.17) is 18.9 Å². The van der Waals surface area contributed by atoms with E-state index in [1.165, 1.54) is 6.20 Å². The van der Waals surface area contributed by atoms with Gasteiger partial charge in [0.2, 0.25) is 5.91 Å². The van der Waals surface area contributed by atoms with E-state index in [0.29, 0.717) is 30.2 Å². The molecule has 1 aromatic heterocycles. The molecule has 3 amide bonds. The number of ether oxygens (including phenoxy) is 4. The molecule has 0 bridgehead atoms. The van der Waals surface area contributed by atoms with Crippen molar-refractivity contribution in [2.45, 2.75) is 45.9 Å². The van der Waals surface area contributed by atoms with Gasteiger partial charge in [0.05, 0.1) is 12.8 Å². The molecule has 4 N–H and O–H groups in total. The Labute approximate surface area is 275 Å². The van der Waals surface area contributed by atoms with Crippen molar-refractivity contribution in [2.75, 3.05) is 38.1 Å². The Bertz CT molecular complexity index is 1670. The summed E-state index contributed by atoms with van der Waals surface area (Å²) in [5, 5.41) is 17.5. The smallest absolute Gasteiger partial charge is 0.407 e. The largest absolute Gasteiger partial charge is 0.491 e. The Morgan fingerprint density at radius 1 is 1.00 bits per heavy atom. The molecule has 0 saturated heterocycles. The SMILES string of the molecule is CC(C)(C)OC(=O)NCCN(CC(=O)O)C(=O)Cn1cc2c(nc1=O)Nc1c(OCCCNC(=O)OCc3ccccc3)cccc1O2. The number of carboxylic acid groups (broad SMARTS) is 1. The fraction of sp³-hybridized carbons (Fsp3) is 0.375. The van der Waals surface area contributed by atoms with Crippen LogP contribution in [0.25, 0.3) is 0 Å². The highest BCUT2D eigenvalue weighted by atomic mass is 16.6. The Kier molecular flexibility index (Phi) is 11.8. The Balaban J connectivity index is 1.30. The average Bonchev–Trinajstić information content (AvgIpc) is 3.02. The number of hydrogen-bond acceptors (Lipinski definition) is 11. The Morgan fingerprint density at radius 3 is 2.48 bits per heavy atom. The summed E-state index contributed by atoms with van der Waals surface area (Å²) in [6.45, 7) is 4.44. The zero-order chi connectivity index (χ0) is 34.7. The molecule has 0 aliphatic carbocycles. The van der Waals surface area contributed by atoms with Crippen molar-refractivity contribution >= 4 is 35.6 Å². The van der Waals surface area contributed by atoms with Gasteiger partial charge in [-0.25, -0.2) is 14.4 Å². The third-order valence-electron chi connectivity index (χ3n) is 6.51. The summed E-state index contributed by atoms with van der Waals surface area (Å²) in [5.74, 6) is -0.903. The number of aliphatic carboxylic acids is 1. The third kappa shape index (κ3) is 10.6. The first-order chi connectivity index (χ1) is 22.9. The predicted molar refractivity (Wildman–Crippen MR) is 171 cm³/mol. The standard InChI is InChI=1S/C32H38N6O10/c1-32(2,3)48-31(44)34-14-15-37(19-26(40)41)25(39)18-38-17-24-28(36-29(38)42)35-27-22(11-7-12-23(27)47-24)45-16-8-13-33-30(43)46-20-21-9-5-4-6-10-21/h4-7,9-12,17H,8,13-16,18-20H2,1-3H3,(H,33,43)(H,34,44)(H,40,41)(H,35,36,42). The van der Waals surface area contributed by atoms with Crippen molar-refractivity contribution in [3.05, 3.63) is 70.8 Å². The number of para-hydroxylation sites is 1. The number of nitrogens with zero attached hydrogens (tertiary/aromatic N) is 3. The first-order valence-corrected chi connectivity index (χ1v) is 15.1. The van der Waals surface area contributed by atoms with Crippen LogP contribution < -0.4 is 31.1 Å². The molecule has 1 aliphatic heterocycles. The summed E-state index contributed by atoms with van der Waals surface area (Å²) >= 11 is 0. The first kappa shape index (κ1) is 35.1. The van der Waals surface area contributed by atoms with Gasteiger partial charge in [-0.3, -0.25) is 14.2 Å². The van der Waals surface area contributed by atoms with Crippen LogP contribution >= 0.6 is 0 Å². The molecule has 16 heteroatoms. The Hall–Kier alpha value is -5.80. The molecule has 0 saturated carbocycles. The molecule has 48 heavy (non-hydrogen) atoms. The van der Waals surface area contributed by atoms with Crippen LogP contribution in [0.3, 0.4) is 0 Å². The molecule has 4 rings (SSSR count). The monoisotopic (exact) mass is 666 g/mol. The lowest BCUT2D eigenvalue weighted by Gasteiger charge is -2.24. The van der Waals surface area contributed by atoms with Crippen molar-refractivity contribution in [1.82, 2.24) is 25.1 Å². The number of alkyl carbamates (subject to hydrolysis) is 2. The minimum atomic E-state index is -1.27. The number of nitrogens with one attached hydrogen (secondary N) is 3. The molecule has 16 nitrogen and oxygen atoms in total. The summed E-state index contributed by atoms with van der Waals surface area (Å²) in [6, 6.07) is 14.4. The zero-order valence-electron chi connectivity index (χ0n) is 26.8. The van der Waals surface area contributed by atoms with Crippen LogP contribution in [0.5, 0.6) is 17.2 Å². The molecule has 256 valence electrons. The number of aromatic nitrogens is 2. The number of hydrogen-bond donors (Lipinski definition) is 4. The van der Waals surface area contributed by atoms with Crippen LogP contribution in [0.2, 0.25) is 0 Å². The highest BCUT2D eigenvalue weighted by Crippen LogP contribution is 2.45. The molecular formula is C32H38N6O10. The molecule has 0 unspecified atom stereocenters. The second kappa shape index (κ2) is 16.2. The van der Waals surface area contributed by atoms with Crippen LogP contribution in [-0.4, -0.2) is 82.0 Å². The van der Waals surface area contributed by atoms with Gasteiger partial charge in [-0.2, -0.15) is 4.98 Å². The predicted octanol–water partition coefficient (Wildman–Crippen LogP) is 3.23. The molecular weight excluding hydrogens is 628 g/mol. The van der Waals surface area contributed by atoms with Gasteiger partial charge >= 0.3 is 23.8 Å². The maximum absolute atomic E-state index is 13.0. The van der Waals surface area contributed by atoms with Crippen molar-refractivity contribution in [2.24, 2.45) is 0 Å². The molecule has 1 aliphatic rings. The number of carbonyl (C=O) groups excluding carboxylic acids is 3. The summed E-state index contributed by atoms with van der Waals surface area (Å²) in [5.41, 5.74) is -0.197. The van der Waals surface area contributed by atoms with Crippen molar-refractivity contribution < 1.29 is 43.2 Å². The van der Waals surface area contributed by atoms with Gasteiger partial charge in [0, 0.05) is 19.6 Å². The van der Waals surface area contributed by atoms with Crippen molar-refractivity contribution in [1.29, 1.82) is 0 Å². The number of carbonyl (C=O) groups is 4. The number of fused-ring (bicyclic) bond motifs is 2. The molecule has 0 radical (unpaired) electrons. The van der Waals surface area contributed by atoms with E-state index in [1.807, 2.05) is 30.3 Å². The Morgan fingerprint density at radius 2 is 1.75 bits per heavy atom. The van der Waals surface area contributed by atoms with E-state index in [9.17, 15) is 29.1 Å². The minimum absolute atomic E-state index is 0.0721. The third-order valence-corrected chi connectivity index (χ3v) is 6.51. The second-order valence-electron chi connectivity index (χ2n) is 11.5. The van der Waals surface area contributed by atoms with Gasteiger partial charge in [0.1, 0.15) is 36.7 Å². The molecule has 2 aromatic carbocycles. The summed E-state index contributed by atoms with van der Waals surface area (Å²) in [6.07, 6.45) is 0.527. The van der Waals surface area contributed by atoms with Crippen LogP contribution in [0.15, 0.2) is 59.5 Å². The number of anilines is 2. The van der Waals surface area contributed by atoms with Gasteiger partial charge in [-0.1, -0.05) is 36.4 Å². The summed E-state index contributed by atoms with van der Waals surface area (Å²) < 4.78 is 23.2. The minimum Gasteiger partial charge on any atom is -0.491 e. The van der Waals surface area contributed by atoms with Crippen molar-refractivity contribution in [3.63, 3.8) is 0 Å². The number of rotatable bonds is 14. The number of benzene rings is 2. The van der Waals surface area contributed by atoms with E-state index in [0.717, 1.165) is 15.0 Å². The first-order valence-electron chi connectivity index (χ1n) is 15.1. The van der Waals surface area contributed by atoms with Crippen LogP contribution in [0, 0.1) is 0 Å². The molecule has 2 heterocycles. The lowest BCUT2D eigenvalue weighted by atomic mass is 10.2.